The zero-order chi connectivity index (χ0) is 22.2. The lowest BCUT2D eigenvalue weighted by atomic mass is 10.0. The van der Waals surface area contributed by atoms with E-state index in [1.807, 2.05) is 47.7 Å². The summed E-state index contributed by atoms with van der Waals surface area (Å²) < 4.78 is 8.13. The first-order valence-electron chi connectivity index (χ1n) is 11.0. The van der Waals surface area contributed by atoms with Crippen molar-refractivity contribution in [3.63, 3.8) is 0 Å². The molecule has 1 fully saturated rings. The van der Waals surface area contributed by atoms with Gasteiger partial charge >= 0.3 is 0 Å². The van der Waals surface area contributed by atoms with Crippen LogP contribution in [0, 0.1) is 5.92 Å². The fourth-order valence-electron chi connectivity index (χ4n) is 4.16. The molecular formula is C23H31N5O3. The molecule has 2 aliphatic heterocycles. The molecule has 8 nitrogen and oxygen atoms in total. The Morgan fingerprint density at radius 2 is 1.90 bits per heavy atom. The third-order valence-electron chi connectivity index (χ3n) is 6.25. The predicted molar refractivity (Wildman–Crippen MR) is 115 cm³/mol. The summed E-state index contributed by atoms with van der Waals surface area (Å²) in [6.45, 7) is 10.5. The molecule has 1 aromatic heterocycles. The predicted octanol–water partition coefficient (Wildman–Crippen LogP) is 2.49. The van der Waals surface area contributed by atoms with Gasteiger partial charge < -0.3 is 15.0 Å². The van der Waals surface area contributed by atoms with Crippen LogP contribution in [0.3, 0.4) is 0 Å². The Morgan fingerprint density at radius 3 is 2.58 bits per heavy atom. The number of carbonyl (C=O) groups is 2. The number of aromatic nitrogens is 3. The second-order valence-corrected chi connectivity index (χ2v) is 9.24. The van der Waals surface area contributed by atoms with Gasteiger partial charge in [0.2, 0.25) is 5.91 Å². The largest absolute Gasteiger partial charge is 0.365 e. The van der Waals surface area contributed by atoms with E-state index >= 15 is 0 Å². The molecule has 0 aliphatic carbocycles. The molecule has 1 atom stereocenters. The minimum atomic E-state index is -0.438. The first kappa shape index (κ1) is 21.5. The fourth-order valence-corrected chi connectivity index (χ4v) is 4.16. The summed E-state index contributed by atoms with van der Waals surface area (Å²) in [4.78, 5) is 26.7. The number of benzene rings is 1. The number of nitrogens with zero attached hydrogens (tertiary/aromatic N) is 4. The molecule has 0 saturated carbocycles. The smallest absolute Gasteiger partial charge is 0.253 e. The molecule has 0 bridgehead atoms. The number of likely N-dealkylation sites (tertiary alicyclic amines) is 1. The third kappa shape index (κ3) is 4.35. The average Bonchev–Trinajstić information content (AvgIpc) is 3.35. The van der Waals surface area contributed by atoms with E-state index in [1.165, 1.54) is 5.56 Å². The molecule has 3 heterocycles. The van der Waals surface area contributed by atoms with Gasteiger partial charge in [-0.2, -0.15) is 0 Å². The maximum Gasteiger partial charge on any atom is 0.253 e. The lowest BCUT2D eigenvalue weighted by Gasteiger charge is -2.34. The van der Waals surface area contributed by atoms with Crippen LogP contribution in [0.4, 0.5) is 0 Å². The zero-order valence-electron chi connectivity index (χ0n) is 18.7. The van der Waals surface area contributed by atoms with Crippen molar-refractivity contribution in [2.75, 3.05) is 13.1 Å². The molecule has 8 heteroatoms. The van der Waals surface area contributed by atoms with E-state index in [9.17, 15) is 9.59 Å². The van der Waals surface area contributed by atoms with Crippen LogP contribution in [-0.4, -0.2) is 50.4 Å². The number of rotatable bonds is 5. The van der Waals surface area contributed by atoms with Crippen LogP contribution < -0.4 is 5.32 Å². The second kappa shape index (κ2) is 8.42. The standard InChI is InChI=1S/C23H31N5O3/c1-15(2)17-5-7-18(8-6-17)22(30)27-10-9-23(13-27)14-28-20(12-31-23)19(25-26-28)11-24-21(29)16(3)4/h5-8,15-16H,9-14H2,1-4H3,(H,24,29). The van der Waals surface area contributed by atoms with Crippen LogP contribution in [0.25, 0.3) is 0 Å². The highest BCUT2D eigenvalue weighted by atomic mass is 16.5. The maximum atomic E-state index is 13.0. The number of nitrogens with one attached hydrogen (secondary N) is 1. The summed E-state index contributed by atoms with van der Waals surface area (Å²) in [5, 5.41) is 11.4. The normalized spacial score (nSPS) is 20.5. The first-order chi connectivity index (χ1) is 14.8. The lowest BCUT2D eigenvalue weighted by Crippen LogP contribution is -2.45. The highest BCUT2D eigenvalue weighted by molar-refractivity contribution is 5.94. The van der Waals surface area contributed by atoms with Crippen LogP contribution in [0.5, 0.6) is 0 Å². The van der Waals surface area contributed by atoms with Gasteiger partial charge in [-0.1, -0.05) is 45.0 Å². The summed E-state index contributed by atoms with van der Waals surface area (Å²) in [5.41, 5.74) is 3.13. The van der Waals surface area contributed by atoms with E-state index in [0.717, 1.165) is 17.8 Å². The van der Waals surface area contributed by atoms with E-state index in [-0.39, 0.29) is 17.7 Å². The summed E-state index contributed by atoms with van der Waals surface area (Å²) in [5.74, 6) is 0.392. The highest BCUT2D eigenvalue weighted by Gasteiger charge is 2.45. The molecule has 31 heavy (non-hydrogen) atoms. The second-order valence-electron chi connectivity index (χ2n) is 9.24. The number of carbonyl (C=O) groups excluding carboxylic acids is 2. The number of amides is 2. The van der Waals surface area contributed by atoms with Gasteiger partial charge in [0.25, 0.3) is 5.91 Å². The number of hydrogen-bond donors (Lipinski definition) is 1. The van der Waals surface area contributed by atoms with Crippen molar-refractivity contribution >= 4 is 11.8 Å². The summed E-state index contributed by atoms with van der Waals surface area (Å²) in [6, 6.07) is 7.89. The molecule has 2 aliphatic rings. The Kier molecular flexibility index (Phi) is 5.83. The summed E-state index contributed by atoms with van der Waals surface area (Å²) in [6.07, 6.45) is 0.765. The topological polar surface area (TPSA) is 89.3 Å². The molecule has 1 unspecified atom stereocenters. The molecule has 2 aromatic rings. The van der Waals surface area contributed by atoms with Crippen LogP contribution >= 0.6 is 0 Å². The molecule has 1 saturated heterocycles. The van der Waals surface area contributed by atoms with Crippen LogP contribution in [0.15, 0.2) is 24.3 Å². The van der Waals surface area contributed by atoms with E-state index in [2.05, 4.69) is 29.5 Å². The Bertz CT molecular complexity index is 966. The number of fused-ring (bicyclic) bond motifs is 1. The van der Waals surface area contributed by atoms with Crippen LogP contribution in [-0.2, 0) is 29.2 Å². The van der Waals surface area contributed by atoms with E-state index in [0.29, 0.717) is 44.3 Å². The first-order valence-corrected chi connectivity index (χ1v) is 11.0. The molecule has 4 rings (SSSR count). The van der Waals surface area contributed by atoms with Crippen molar-refractivity contribution in [2.24, 2.45) is 5.92 Å². The van der Waals surface area contributed by atoms with Crippen molar-refractivity contribution in [1.29, 1.82) is 0 Å². The van der Waals surface area contributed by atoms with Gasteiger partial charge in [0.1, 0.15) is 11.3 Å². The number of hydrogen-bond acceptors (Lipinski definition) is 5. The number of ether oxygens (including phenoxy) is 1. The Labute approximate surface area is 182 Å². The van der Waals surface area contributed by atoms with Crippen molar-refractivity contribution in [2.45, 2.75) is 65.3 Å². The third-order valence-corrected chi connectivity index (χ3v) is 6.25. The molecule has 2 amide bonds. The molecular weight excluding hydrogens is 394 g/mol. The molecule has 1 N–H and O–H groups in total. The van der Waals surface area contributed by atoms with E-state index in [4.69, 9.17) is 4.74 Å². The minimum Gasteiger partial charge on any atom is -0.365 e. The Balaban J connectivity index is 1.40. The highest BCUT2D eigenvalue weighted by Crippen LogP contribution is 2.33. The molecule has 166 valence electrons. The minimum absolute atomic E-state index is 0.0127. The van der Waals surface area contributed by atoms with Gasteiger partial charge in [0.05, 0.1) is 31.9 Å². The summed E-state index contributed by atoms with van der Waals surface area (Å²) in [7, 11) is 0. The molecule has 1 spiro atoms. The lowest BCUT2D eigenvalue weighted by molar-refractivity contribution is -0.124. The van der Waals surface area contributed by atoms with Gasteiger partial charge in [-0.25, -0.2) is 4.68 Å². The summed E-state index contributed by atoms with van der Waals surface area (Å²) >= 11 is 0. The van der Waals surface area contributed by atoms with Crippen LogP contribution in [0.2, 0.25) is 0 Å². The van der Waals surface area contributed by atoms with Gasteiger partial charge in [-0.05, 0) is 30.0 Å². The van der Waals surface area contributed by atoms with Crippen LogP contribution in [0.1, 0.15) is 67.3 Å². The Hall–Kier alpha value is -2.74. The quantitative estimate of drug-likeness (QED) is 0.795. The van der Waals surface area contributed by atoms with Gasteiger partial charge in [0.15, 0.2) is 0 Å². The maximum absolute atomic E-state index is 13.0. The van der Waals surface area contributed by atoms with Crippen molar-refractivity contribution in [3.05, 3.63) is 46.8 Å². The van der Waals surface area contributed by atoms with Gasteiger partial charge in [0, 0.05) is 18.0 Å². The van der Waals surface area contributed by atoms with Crippen molar-refractivity contribution in [3.8, 4) is 0 Å². The van der Waals surface area contributed by atoms with Gasteiger partial charge in [-0.15, -0.1) is 5.10 Å². The van der Waals surface area contributed by atoms with Crippen molar-refractivity contribution < 1.29 is 14.3 Å². The monoisotopic (exact) mass is 425 g/mol. The molecule has 1 aromatic carbocycles. The van der Waals surface area contributed by atoms with E-state index < -0.39 is 5.60 Å². The Morgan fingerprint density at radius 1 is 1.16 bits per heavy atom. The van der Waals surface area contributed by atoms with Crippen molar-refractivity contribution in [1.82, 2.24) is 25.2 Å². The fraction of sp³-hybridized carbons (Fsp3) is 0.565. The zero-order valence-corrected chi connectivity index (χ0v) is 18.7. The van der Waals surface area contributed by atoms with Gasteiger partial charge in [-0.3, -0.25) is 9.59 Å². The molecule has 0 radical (unpaired) electrons. The SMILES string of the molecule is CC(C)C(=O)NCc1nnn2c1COC1(CCN(C(=O)c3ccc(C(C)C)cc3)C1)C2. The van der Waals surface area contributed by atoms with E-state index in [1.54, 1.807) is 0 Å². The average molecular weight is 426 g/mol.